The summed E-state index contributed by atoms with van der Waals surface area (Å²) in [4.78, 5) is 3.84. The average molecular weight is 264 g/mol. The van der Waals surface area contributed by atoms with E-state index in [1.54, 1.807) is 6.07 Å². The zero-order valence-electron chi connectivity index (χ0n) is 9.07. The Balaban J connectivity index is 2.66. The molecule has 1 heterocycles. The predicted molar refractivity (Wildman–Crippen MR) is 64.6 cm³/mol. The monoisotopic (exact) mass is 263 g/mol. The van der Waals surface area contributed by atoms with Gasteiger partial charge in [0.1, 0.15) is 5.82 Å². The fourth-order valence-electron chi connectivity index (χ4n) is 0.911. The summed E-state index contributed by atoms with van der Waals surface area (Å²) in [5.74, 6) is 0.438. The summed E-state index contributed by atoms with van der Waals surface area (Å²) in [6, 6.07) is 3.01. The summed E-state index contributed by atoms with van der Waals surface area (Å²) >= 11 is 5.71. The zero-order chi connectivity index (χ0) is 12.2. The highest BCUT2D eigenvalue weighted by Gasteiger charge is 2.10. The largest absolute Gasteiger partial charge is 0.300 e. The van der Waals surface area contributed by atoms with Crippen LogP contribution >= 0.6 is 11.6 Å². The smallest absolute Gasteiger partial charge is 0.255 e. The van der Waals surface area contributed by atoms with Crippen molar-refractivity contribution in [3.8, 4) is 0 Å². The van der Waals surface area contributed by atoms with Crippen LogP contribution in [0.3, 0.4) is 0 Å². The first-order valence-electron chi connectivity index (χ1n) is 4.78. The van der Waals surface area contributed by atoms with Crippen LogP contribution in [-0.4, -0.2) is 19.9 Å². The molecule has 0 bridgehead atoms. The van der Waals surface area contributed by atoms with Crippen LogP contribution in [0.1, 0.15) is 13.8 Å². The van der Waals surface area contributed by atoms with Crippen molar-refractivity contribution >= 4 is 27.6 Å². The minimum Gasteiger partial charge on any atom is -0.255 e. The van der Waals surface area contributed by atoms with Crippen LogP contribution in [-0.2, 0) is 10.2 Å². The van der Waals surface area contributed by atoms with Crippen LogP contribution in [0.2, 0.25) is 5.02 Å². The fraction of sp³-hybridized carbons (Fsp3) is 0.444. The van der Waals surface area contributed by atoms with E-state index >= 15 is 0 Å². The Morgan fingerprint density at radius 3 is 2.75 bits per heavy atom. The van der Waals surface area contributed by atoms with Gasteiger partial charge in [-0.05, 0) is 12.0 Å². The molecule has 0 aliphatic carbocycles. The van der Waals surface area contributed by atoms with Crippen molar-refractivity contribution in [2.45, 2.75) is 13.8 Å². The minimum atomic E-state index is -3.57. The third-order valence-corrected chi connectivity index (χ3v) is 2.90. The minimum absolute atomic E-state index is 0.198. The summed E-state index contributed by atoms with van der Waals surface area (Å²) in [7, 11) is -3.57. The molecule has 2 N–H and O–H groups in total. The Hall–Kier alpha value is -0.850. The molecule has 0 fully saturated rings. The summed E-state index contributed by atoms with van der Waals surface area (Å²) in [6.45, 7) is 4.20. The van der Waals surface area contributed by atoms with Gasteiger partial charge in [0.2, 0.25) is 0 Å². The molecule has 0 amide bonds. The quantitative estimate of drug-likeness (QED) is 0.848. The first kappa shape index (κ1) is 13.2. The normalized spacial score (nSPS) is 11.8. The molecule has 0 aromatic carbocycles. The standard InChI is InChI=1S/C9H14ClN3O2S/c1-7(2)6-12-16(14,15)13-9-5-8(10)3-4-11-9/h3-5,7,12H,6H2,1-2H3,(H,11,13). The van der Waals surface area contributed by atoms with Gasteiger partial charge < -0.3 is 0 Å². The van der Waals surface area contributed by atoms with Gasteiger partial charge in [-0.25, -0.2) is 4.98 Å². The van der Waals surface area contributed by atoms with Gasteiger partial charge in [0.05, 0.1) is 0 Å². The summed E-state index contributed by atoms with van der Waals surface area (Å²) < 4.78 is 27.7. The third-order valence-electron chi connectivity index (χ3n) is 1.64. The van der Waals surface area contributed by atoms with E-state index in [-0.39, 0.29) is 11.7 Å². The molecule has 1 aromatic heterocycles. The van der Waals surface area contributed by atoms with Gasteiger partial charge in [0, 0.05) is 23.8 Å². The van der Waals surface area contributed by atoms with Gasteiger partial charge in [-0.1, -0.05) is 25.4 Å². The van der Waals surface area contributed by atoms with Crippen LogP contribution < -0.4 is 9.44 Å². The number of nitrogens with one attached hydrogen (secondary N) is 2. The van der Waals surface area contributed by atoms with Crippen LogP contribution in [0, 0.1) is 5.92 Å². The van der Waals surface area contributed by atoms with Crippen LogP contribution in [0.5, 0.6) is 0 Å². The number of hydrogen-bond donors (Lipinski definition) is 2. The molecular formula is C9H14ClN3O2S. The van der Waals surface area contributed by atoms with Crippen molar-refractivity contribution in [3.63, 3.8) is 0 Å². The maximum Gasteiger partial charge on any atom is 0.300 e. The lowest BCUT2D eigenvalue weighted by Gasteiger charge is -2.10. The molecule has 0 saturated carbocycles. The van der Waals surface area contributed by atoms with Crippen molar-refractivity contribution in [1.29, 1.82) is 0 Å². The molecule has 5 nitrogen and oxygen atoms in total. The second-order valence-corrected chi connectivity index (χ2v) is 5.64. The van der Waals surface area contributed by atoms with Crippen molar-refractivity contribution < 1.29 is 8.42 Å². The number of pyridine rings is 1. The number of nitrogens with zero attached hydrogens (tertiary/aromatic N) is 1. The van der Waals surface area contributed by atoms with E-state index in [1.165, 1.54) is 12.3 Å². The lowest BCUT2D eigenvalue weighted by molar-refractivity contribution is 0.564. The maximum absolute atomic E-state index is 11.5. The maximum atomic E-state index is 11.5. The van der Waals surface area contributed by atoms with E-state index in [9.17, 15) is 8.42 Å². The molecule has 16 heavy (non-hydrogen) atoms. The van der Waals surface area contributed by atoms with Gasteiger partial charge >= 0.3 is 0 Å². The molecule has 0 atom stereocenters. The molecule has 0 aliphatic rings. The molecular weight excluding hydrogens is 250 g/mol. The topological polar surface area (TPSA) is 71.1 Å². The average Bonchev–Trinajstić information content (AvgIpc) is 2.14. The predicted octanol–water partition coefficient (Wildman–Crippen LogP) is 1.64. The number of hydrogen-bond acceptors (Lipinski definition) is 3. The molecule has 0 saturated heterocycles. The highest BCUT2D eigenvalue weighted by Crippen LogP contribution is 2.12. The lowest BCUT2D eigenvalue weighted by Crippen LogP contribution is -2.33. The zero-order valence-corrected chi connectivity index (χ0v) is 10.6. The van der Waals surface area contributed by atoms with Crippen LogP contribution in [0.15, 0.2) is 18.3 Å². The van der Waals surface area contributed by atoms with E-state index in [4.69, 9.17) is 11.6 Å². The first-order chi connectivity index (χ1) is 7.39. The van der Waals surface area contributed by atoms with Gasteiger partial charge in [0.15, 0.2) is 0 Å². The number of rotatable bonds is 5. The Labute approximate surface area is 100 Å². The highest BCUT2D eigenvalue weighted by molar-refractivity contribution is 7.90. The summed E-state index contributed by atoms with van der Waals surface area (Å²) in [5, 5.41) is 0.427. The molecule has 1 rings (SSSR count). The fourth-order valence-corrected chi connectivity index (χ4v) is 2.08. The third kappa shape index (κ3) is 4.78. The summed E-state index contributed by atoms with van der Waals surface area (Å²) in [5.41, 5.74) is 0. The second kappa shape index (κ2) is 5.47. The summed E-state index contributed by atoms with van der Waals surface area (Å²) in [6.07, 6.45) is 1.43. The molecule has 1 aromatic rings. The van der Waals surface area contributed by atoms with Gasteiger partial charge in [-0.3, -0.25) is 4.72 Å². The Morgan fingerprint density at radius 2 is 2.19 bits per heavy atom. The molecule has 0 unspecified atom stereocenters. The Morgan fingerprint density at radius 1 is 1.50 bits per heavy atom. The molecule has 0 spiro atoms. The Bertz CT molecular complexity index is 448. The van der Waals surface area contributed by atoms with Gasteiger partial charge in [0.25, 0.3) is 10.2 Å². The Kier molecular flexibility index (Phi) is 4.52. The van der Waals surface area contributed by atoms with Gasteiger partial charge in [-0.15, -0.1) is 0 Å². The van der Waals surface area contributed by atoms with Crippen LogP contribution in [0.4, 0.5) is 5.82 Å². The van der Waals surface area contributed by atoms with E-state index in [1.807, 2.05) is 13.8 Å². The number of anilines is 1. The lowest BCUT2D eigenvalue weighted by atomic mass is 10.2. The van der Waals surface area contributed by atoms with E-state index in [2.05, 4.69) is 14.4 Å². The molecule has 7 heteroatoms. The van der Waals surface area contributed by atoms with Crippen LogP contribution in [0.25, 0.3) is 0 Å². The van der Waals surface area contributed by atoms with E-state index in [0.717, 1.165) is 0 Å². The van der Waals surface area contributed by atoms with Crippen molar-refractivity contribution in [2.24, 2.45) is 5.92 Å². The van der Waals surface area contributed by atoms with E-state index in [0.29, 0.717) is 11.6 Å². The SMILES string of the molecule is CC(C)CNS(=O)(=O)Nc1cc(Cl)ccn1. The van der Waals surface area contributed by atoms with E-state index < -0.39 is 10.2 Å². The molecule has 0 radical (unpaired) electrons. The molecule has 0 aliphatic heterocycles. The van der Waals surface area contributed by atoms with Crippen molar-refractivity contribution in [1.82, 2.24) is 9.71 Å². The second-order valence-electron chi connectivity index (χ2n) is 3.71. The first-order valence-corrected chi connectivity index (χ1v) is 6.64. The number of halogens is 1. The highest BCUT2D eigenvalue weighted by atomic mass is 35.5. The molecule has 90 valence electrons. The van der Waals surface area contributed by atoms with Crippen molar-refractivity contribution in [2.75, 3.05) is 11.3 Å². The van der Waals surface area contributed by atoms with Gasteiger partial charge in [-0.2, -0.15) is 13.1 Å². The number of aromatic nitrogens is 1. The van der Waals surface area contributed by atoms with Crippen molar-refractivity contribution in [3.05, 3.63) is 23.4 Å².